The molecule has 0 saturated heterocycles. The van der Waals surface area contributed by atoms with Crippen molar-refractivity contribution in [3.05, 3.63) is 46.9 Å². The lowest BCUT2D eigenvalue weighted by Crippen LogP contribution is -2.23. The first-order valence-electron chi connectivity index (χ1n) is 4.77. The van der Waals surface area contributed by atoms with Gasteiger partial charge in [-0.15, -0.1) is 0 Å². The van der Waals surface area contributed by atoms with E-state index in [1.807, 2.05) is 55.5 Å². The van der Waals surface area contributed by atoms with E-state index in [1.165, 1.54) is 0 Å². The van der Waals surface area contributed by atoms with E-state index in [4.69, 9.17) is 5.26 Å². The zero-order valence-electron chi connectivity index (χ0n) is 8.68. The second kappa shape index (κ2) is 6.44. The summed E-state index contributed by atoms with van der Waals surface area (Å²) in [6.07, 6.45) is 9.52. The molecular weight excluding hydrogens is 186 g/mol. The van der Waals surface area contributed by atoms with Crippen LogP contribution in [0.25, 0.3) is 12.2 Å². The fourth-order valence-electron chi connectivity index (χ4n) is 1.22. The minimum atomic E-state index is 0.317. The molecule has 0 amide bonds. The molecule has 0 aliphatic rings. The SMILES string of the molecule is C/C=C/C=c1/cccc/c1=C/COC#N. The minimum absolute atomic E-state index is 0.317. The topological polar surface area (TPSA) is 33.0 Å². The Balaban J connectivity index is 3.07. The maximum atomic E-state index is 8.24. The highest BCUT2D eigenvalue weighted by Gasteiger charge is 1.83. The molecule has 0 aliphatic heterocycles. The summed E-state index contributed by atoms with van der Waals surface area (Å²) < 4.78 is 4.61. The van der Waals surface area contributed by atoms with E-state index < -0.39 is 0 Å². The number of hydrogen-bond donors (Lipinski definition) is 0. The summed E-state index contributed by atoms with van der Waals surface area (Å²) in [6.45, 7) is 2.29. The van der Waals surface area contributed by atoms with Crippen LogP contribution in [0.15, 0.2) is 36.4 Å². The van der Waals surface area contributed by atoms with Crippen LogP contribution >= 0.6 is 0 Å². The summed E-state index contributed by atoms with van der Waals surface area (Å²) in [5, 5.41) is 10.4. The molecule has 0 atom stereocenters. The van der Waals surface area contributed by atoms with Gasteiger partial charge in [-0.05, 0) is 23.4 Å². The largest absolute Gasteiger partial charge is 0.423 e. The number of allylic oxidation sites excluding steroid dienone is 2. The highest BCUT2D eigenvalue weighted by Crippen LogP contribution is 1.77. The van der Waals surface area contributed by atoms with Crippen molar-refractivity contribution in [3.63, 3.8) is 0 Å². The van der Waals surface area contributed by atoms with E-state index in [9.17, 15) is 0 Å². The number of ether oxygens (including phenoxy) is 1. The molecule has 0 radical (unpaired) electrons. The zero-order chi connectivity index (χ0) is 10.9. The fraction of sp³-hybridized carbons (Fsp3) is 0.154. The predicted octanol–water partition coefficient (Wildman–Crippen LogP) is 1.32. The van der Waals surface area contributed by atoms with Crippen molar-refractivity contribution in [3.8, 4) is 6.26 Å². The van der Waals surface area contributed by atoms with Crippen LogP contribution in [-0.2, 0) is 4.74 Å². The molecule has 0 N–H and O–H groups in total. The van der Waals surface area contributed by atoms with E-state index in [1.54, 1.807) is 6.26 Å². The molecule has 0 bridgehead atoms. The van der Waals surface area contributed by atoms with Crippen LogP contribution in [0.5, 0.6) is 0 Å². The van der Waals surface area contributed by atoms with Crippen molar-refractivity contribution >= 4 is 12.2 Å². The van der Waals surface area contributed by atoms with Crippen molar-refractivity contribution in [2.24, 2.45) is 0 Å². The zero-order valence-corrected chi connectivity index (χ0v) is 8.68. The molecule has 0 heterocycles. The third kappa shape index (κ3) is 3.70. The Bertz CT molecular complexity index is 480. The Morgan fingerprint density at radius 1 is 1.33 bits per heavy atom. The van der Waals surface area contributed by atoms with E-state index in [2.05, 4.69) is 4.74 Å². The van der Waals surface area contributed by atoms with Gasteiger partial charge in [-0.25, -0.2) is 0 Å². The molecule has 0 aromatic heterocycles. The molecule has 2 heteroatoms. The molecule has 0 fully saturated rings. The van der Waals surface area contributed by atoms with Gasteiger partial charge < -0.3 is 4.74 Å². The molecule has 0 aliphatic carbocycles. The monoisotopic (exact) mass is 199 g/mol. The van der Waals surface area contributed by atoms with Crippen LogP contribution in [0.4, 0.5) is 0 Å². The van der Waals surface area contributed by atoms with Gasteiger partial charge in [0.15, 0.2) is 0 Å². The standard InChI is InChI=1S/C13H13NO/c1-2-3-6-12-7-4-5-8-13(12)9-10-15-11-14/h2-9H,10H2,1H3/b3-2+,12-6-,13-9-. The molecule has 1 aromatic rings. The van der Waals surface area contributed by atoms with Gasteiger partial charge in [0, 0.05) is 0 Å². The van der Waals surface area contributed by atoms with Gasteiger partial charge in [-0.1, -0.05) is 42.5 Å². The van der Waals surface area contributed by atoms with E-state index >= 15 is 0 Å². The second-order valence-corrected chi connectivity index (χ2v) is 2.93. The summed E-state index contributed by atoms with van der Waals surface area (Å²) in [6, 6.07) is 7.97. The summed E-state index contributed by atoms with van der Waals surface area (Å²) in [4.78, 5) is 0. The second-order valence-electron chi connectivity index (χ2n) is 2.93. The van der Waals surface area contributed by atoms with E-state index in [0.717, 1.165) is 10.4 Å². The molecular formula is C13H13NO. The van der Waals surface area contributed by atoms with Crippen molar-refractivity contribution in [2.75, 3.05) is 6.61 Å². The van der Waals surface area contributed by atoms with E-state index in [0.29, 0.717) is 6.61 Å². The van der Waals surface area contributed by atoms with Crippen molar-refractivity contribution in [1.29, 1.82) is 5.26 Å². The van der Waals surface area contributed by atoms with E-state index in [-0.39, 0.29) is 0 Å². The van der Waals surface area contributed by atoms with Crippen LogP contribution in [0, 0.1) is 11.5 Å². The summed E-state index contributed by atoms with van der Waals surface area (Å²) >= 11 is 0. The number of rotatable bonds is 3. The maximum absolute atomic E-state index is 8.24. The molecule has 2 nitrogen and oxygen atoms in total. The Kier molecular flexibility index (Phi) is 4.75. The Hall–Kier alpha value is -2.01. The van der Waals surface area contributed by atoms with Crippen LogP contribution < -0.4 is 10.4 Å². The summed E-state index contributed by atoms with van der Waals surface area (Å²) in [5.74, 6) is 0. The maximum Gasteiger partial charge on any atom is 0.286 e. The van der Waals surface area contributed by atoms with Gasteiger partial charge in [0.1, 0.15) is 6.61 Å². The predicted molar refractivity (Wildman–Crippen MR) is 61.0 cm³/mol. The Morgan fingerprint density at radius 3 is 2.73 bits per heavy atom. The molecule has 1 rings (SSSR count). The van der Waals surface area contributed by atoms with Gasteiger partial charge in [-0.3, -0.25) is 0 Å². The van der Waals surface area contributed by atoms with Crippen LogP contribution in [-0.4, -0.2) is 6.61 Å². The molecule has 15 heavy (non-hydrogen) atoms. The molecule has 0 unspecified atom stereocenters. The molecule has 76 valence electrons. The first kappa shape index (κ1) is 11.1. The minimum Gasteiger partial charge on any atom is -0.423 e. The normalized spacial score (nSPS) is 13.1. The van der Waals surface area contributed by atoms with Gasteiger partial charge in [0.25, 0.3) is 6.26 Å². The van der Waals surface area contributed by atoms with Crippen molar-refractivity contribution in [2.45, 2.75) is 6.92 Å². The number of nitrogens with zero attached hydrogens (tertiary/aromatic N) is 1. The van der Waals surface area contributed by atoms with Crippen LogP contribution in [0.3, 0.4) is 0 Å². The molecule has 1 aromatic carbocycles. The summed E-state index contributed by atoms with van der Waals surface area (Å²) in [7, 11) is 0. The summed E-state index contributed by atoms with van der Waals surface area (Å²) in [5.41, 5.74) is 0. The first-order valence-corrected chi connectivity index (χ1v) is 4.77. The van der Waals surface area contributed by atoms with Gasteiger partial charge in [-0.2, -0.15) is 5.26 Å². The number of hydrogen-bond acceptors (Lipinski definition) is 2. The van der Waals surface area contributed by atoms with Crippen LogP contribution in [0.1, 0.15) is 6.92 Å². The lowest BCUT2D eigenvalue weighted by atomic mass is 10.2. The number of nitriles is 1. The lowest BCUT2D eigenvalue weighted by molar-refractivity contribution is 0.323. The number of benzene rings is 1. The van der Waals surface area contributed by atoms with Gasteiger partial charge in [0.05, 0.1) is 0 Å². The van der Waals surface area contributed by atoms with Gasteiger partial charge >= 0.3 is 0 Å². The highest BCUT2D eigenvalue weighted by atomic mass is 16.5. The Labute approximate surface area is 89.4 Å². The first-order chi connectivity index (χ1) is 7.38. The third-order valence-electron chi connectivity index (χ3n) is 1.92. The third-order valence-corrected chi connectivity index (χ3v) is 1.92. The Morgan fingerprint density at radius 2 is 2.07 bits per heavy atom. The average Bonchev–Trinajstić information content (AvgIpc) is 2.28. The average molecular weight is 199 g/mol. The quantitative estimate of drug-likeness (QED) is 0.543. The fourth-order valence-corrected chi connectivity index (χ4v) is 1.22. The molecule has 0 saturated carbocycles. The van der Waals surface area contributed by atoms with Crippen LogP contribution in [0.2, 0.25) is 0 Å². The smallest absolute Gasteiger partial charge is 0.286 e. The molecule has 0 spiro atoms. The highest BCUT2D eigenvalue weighted by molar-refractivity contribution is 5.39. The van der Waals surface area contributed by atoms with Crippen molar-refractivity contribution in [1.82, 2.24) is 0 Å². The van der Waals surface area contributed by atoms with Gasteiger partial charge in [0.2, 0.25) is 0 Å². The lowest BCUT2D eigenvalue weighted by Gasteiger charge is -1.90. The van der Waals surface area contributed by atoms with Crippen molar-refractivity contribution < 1.29 is 4.74 Å².